The SMILES string of the molecule is NC1=NC=CCN1Nc1ccccc1C(=O)O. The van der Waals surface area contributed by atoms with Crippen molar-refractivity contribution in [1.29, 1.82) is 0 Å². The zero-order valence-corrected chi connectivity index (χ0v) is 9.00. The Morgan fingerprint density at radius 2 is 2.24 bits per heavy atom. The molecule has 1 aliphatic heterocycles. The number of nitrogens with zero attached hydrogens (tertiary/aromatic N) is 2. The van der Waals surface area contributed by atoms with Crippen LogP contribution in [0.5, 0.6) is 0 Å². The maximum absolute atomic E-state index is 11.0. The zero-order valence-electron chi connectivity index (χ0n) is 9.00. The molecule has 88 valence electrons. The molecule has 0 spiro atoms. The number of benzene rings is 1. The van der Waals surface area contributed by atoms with Crippen molar-refractivity contribution in [2.24, 2.45) is 10.7 Å². The van der Waals surface area contributed by atoms with Gasteiger partial charge in [0.05, 0.1) is 17.8 Å². The molecular formula is C11H12N4O2. The van der Waals surface area contributed by atoms with E-state index in [0.29, 0.717) is 18.2 Å². The molecule has 1 aromatic rings. The zero-order chi connectivity index (χ0) is 12.3. The minimum atomic E-state index is -0.990. The van der Waals surface area contributed by atoms with E-state index in [-0.39, 0.29) is 5.56 Å². The van der Waals surface area contributed by atoms with Crippen molar-refractivity contribution < 1.29 is 9.90 Å². The van der Waals surface area contributed by atoms with Crippen molar-refractivity contribution in [1.82, 2.24) is 5.01 Å². The van der Waals surface area contributed by atoms with Gasteiger partial charge in [-0.15, -0.1) is 0 Å². The fraction of sp³-hybridized carbons (Fsp3) is 0.0909. The Kier molecular flexibility index (Phi) is 2.95. The van der Waals surface area contributed by atoms with Crippen molar-refractivity contribution in [3.05, 3.63) is 42.1 Å². The molecule has 0 amide bonds. The number of nitrogens with two attached hydrogens (primary N) is 1. The highest BCUT2D eigenvalue weighted by Gasteiger charge is 2.13. The maximum Gasteiger partial charge on any atom is 0.337 e. The standard InChI is InChI=1S/C11H12N4O2/c12-11-13-6-3-7-15(11)14-9-5-2-1-4-8(9)10(16)17/h1-6,14H,7H2,(H2,12,13)(H,16,17). The van der Waals surface area contributed by atoms with Gasteiger partial charge in [-0.25, -0.2) is 9.79 Å². The van der Waals surface area contributed by atoms with Crippen LogP contribution >= 0.6 is 0 Å². The van der Waals surface area contributed by atoms with Crippen LogP contribution in [0.3, 0.4) is 0 Å². The summed E-state index contributed by atoms with van der Waals surface area (Å²) in [5, 5.41) is 10.6. The van der Waals surface area contributed by atoms with Crippen LogP contribution in [-0.2, 0) is 0 Å². The highest BCUT2D eigenvalue weighted by atomic mass is 16.4. The Morgan fingerprint density at radius 1 is 1.47 bits per heavy atom. The fourth-order valence-corrected chi connectivity index (χ4v) is 1.46. The van der Waals surface area contributed by atoms with Gasteiger partial charge < -0.3 is 10.8 Å². The van der Waals surface area contributed by atoms with Gasteiger partial charge in [-0.3, -0.25) is 10.4 Å². The highest BCUT2D eigenvalue weighted by molar-refractivity contribution is 5.94. The van der Waals surface area contributed by atoms with Crippen LogP contribution < -0.4 is 11.2 Å². The molecule has 0 aliphatic carbocycles. The second-order valence-corrected chi connectivity index (χ2v) is 3.45. The Morgan fingerprint density at radius 3 is 2.94 bits per heavy atom. The second kappa shape index (κ2) is 4.56. The van der Waals surface area contributed by atoms with Crippen molar-refractivity contribution in [3.8, 4) is 0 Å². The number of aromatic carboxylic acids is 1. The highest BCUT2D eigenvalue weighted by Crippen LogP contribution is 2.16. The summed E-state index contributed by atoms with van der Waals surface area (Å²) in [6.07, 6.45) is 3.42. The van der Waals surface area contributed by atoms with Crippen LogP contribution in [0, 0.1) is 0 Å². The number of hydrogen-bond acceptors (Lipinski definition) is 5. The Bertz CT molecular complexity index is 496. The van der Waals surface area contributed by atoms with Crippen molar-refractivity contribution >= 4 is 17.6 Å². The number of hydrazine groups is 1. The van der Waals surface area contributed by atoms with Gasteiger partial charge in [0.25, 0.3) is 0 Å². The van der Waals surface area contributed by atoms with E-state index in [1.165, 1.54) is 6.07 Å². The van der Waals surface area contributed by atoms with Gasteiger partial charge in [-0.2, -0.15) is 0 Å². The molecule has 2 rings (SSSR count). The summed E-state index contributed by atoms with van der Waals surface area (Å²) in [7, 11) is 0. The third kappa shape index (κ3) is 2.36. The molecule has 4 N–H and O–H groups in total. The van der Waals surface area contributed by atoms with E-state index < -0.39 is 5.97 Å². The average Bonchev–Trinajstić information content (AvgIpc) is 2.32. The largest absolute Gasteiger partial charge is 0.478 e. The number of nitrogens with one attached hydrogen (secondary N) is 1. The predicted molar refractivity (Wildman–Crippen MR) is 64.5 cm³/mol. The summed E-state index contributed by atoms with van der Waals surface area (Å²) >= 11 is 0. The second-order valence-electron chi connectivity index (χ2n) is 3.45. The smallest absolute Gasteiger partial charge is 0.337 e. The van der Waals surface area contributed by atoms with Crippen molar-refractivity contribution in [3.63, 3.8) is 0 Å². The van der Waals surface area contributed by atoms with Gasteiger partial charge in [0.1, 0.15) is 0 Å². The lowest BCUT2D eigenvalue weighted by molar-refractivity contribution is 0.0697. The average molecular weight is 232 g/mol. The lowest BCUT2D eigenvalue weighted by Gasteiger charge is -2.26. The molecule has 0 atom stereocenters. The molecule has 0 saturated carbocycles. The van der Waals surface area contributed by atoms with Crippen LogP contribution in [0.1, 0.15) is 10.4 Å². The van der Waals surface area contributed by atoms with Gasteiger partial charge in [-0.1, -0.05) is 12.1 Å². The molecule has 0 radical (unpaired) electrons. The number of guanidine groups is 1. The maximum atomic E-state index is 11.0. The number of carboxylic acids is 1. The van der Waals surface area contributed by atoms with Crippen LogP contribution in [0.2, 0.25) is 0 Å². The third-order valence-corrected chi connectivity index (χ3v) is 2.29. The lowest BCUT2D eigenvalue weighted by atomic mass is 10.2. The van der Waals surface area contributed by atoms with Crippen molar-refractivity contribution in [2.75, 3.05) is 12.0 Å². The summed E-state index contributed by atoms with van der Waals surface area (Å²) in [6, 6.07) is 6.62. The molecular weight excluding hydrogens is 220 g/mol. The summed E-state index contributed by atoms with van der Waals surface area (Å²) in [4.78, 5) is 14.9. The summed E-state index contributed by atoms with van der Waals surface area (Å²) < 4.78 is 0. The van der Waals surface area contributed by atoms with Crippen LogP contribution in [0.15, 0.2) is 41.5 Å². The van der Waals surface area contributed by atoms with E-state index >= 15 is 0 Å². The first-order valence-corrected chi connectivity index (χ1v) is 5.03. The monoisotopic (exact) mass is 232 g/mol. The summed E-state index contributed by atoms with van der Waals surface area (Å²) in [6.45, 7) is 0.531. The Balaban J connectivity index is 2.22. The van der Waals surface area contributed by atoms with Gasteiger partial charge in [0.15, 0.2) is 0 Å². The molecule has 0 saturated heterocycles. The van der Waals surface area contributed by atoms with E-state index in [2.05, 4.69) is 10.4 Å². The first-order valence-electron chi connectivity index (χ1n) is 5.03. The molecule has 0 unspecified atom stereocenters. The first kappa shape index (κ1) is 11.0. The molecule has 1 heterocycles. The van der Waals surface area contributed by atoms with E-state index in [9.17, 15) is 4.79 Å². The molecule has 1 aromatic carbocycles. The number of carboxylic acid groups (broad SMARTS) is 1. The summed E-state index contributed by atoms with van der Waals surface area (Å²) in [5.74, 6) is -0.691. The summed E-state index contributed by atoms with van der Waals surface area (Å²) in [5.41, 5.74) is 9.26. The van der Waals surface area contributed by atoms with E-state index in [0.717, 1.165) is 0 Å². The molecule has 6 heteroatoms. The predicted octanol–water partition coefficient (Wildman–Crippen LogP) is 0.856. The number of aliphatic imine (C=N–C) groups is 1. The quantitative estimate of drug-likeness (QED) is 0.718. The Labute approximate surface area is 98.0 Å². The molecule has 0 bridgehead atoms. The molecule has 0 aromatic heterocycles. The lowest BCUT2D eigenvalue weighted by Crippen LogP contribution is -2.43. The molecule has 17 heavy (non-hydrogen) atoms. The van der Waals surface area contributed by atoms with E-state index in [1.54, 1.807) is 29.4 Å². The van der Waals surface area contributed by atoms with Gasteiger partial charge in [-0.05, 0) is 18.2 Å². The fourth-order valence-electron chi connectivity index (χ4n) is 1.46. The number of carbonyl (C=O) groups is 1. The van der Waals surface area contributed by atoms with Crippen molar-refractivity contribution in [2.45, 2.75) is 0 Å². The molecule has 0 fully saturated rings. The number of hydrogen-bond donors (Lipinski definition) is 3. The third-order valence-electron chi connectivity index (χ3n) is 2.29. The minimum absolute atomic E-state index is 0.190. The van der Waals surface area contributed by atoms with Crippen LogP contribution in [0.4, 0.5) is 5.69 Å². The van der Waals surface area contributed by atoms with E-state index in [4.69, 9.17) is 10.8 Å². The number of para-hydroxylation sites is 1. The van der Waals surface area contributed by atoms with Crippen LogP contribution in [-0.4, -0.2) is 28.6 Å². The van der Waals surface area contributed by atoms with Gasteiger partial charge in [0, 0.05) is 6.20 Å². The minimum Gasteiger partial charge on any atom is -0.478 e. The Hall–Kier alpha value is -2.50. The molecule has 6 nitrogen and oxygen atoms in total. The van der Waals surface area contributed by atoms with Gasteiger partial charge in [0.2, 0.25) is 5.96 Å². The van der Waals surface area contributed by atoms with Crippen LogP contribution in [0.25, 0.3) is 0 Å². The number of rotatable bonds is 3. The van der Waals surface area contributed by atoms with Gasteiger partial charge >= 0.3 is 5.97 Å². The van der Waals surface area contributed by atoms with E-state index in [1.807, 2.05) is 6.08 Å². The normalized spacial score (nSPS) is 14.4. The topological polar surface area (TPSA) is 91.0 Å². The first-order chi connectivity index (χ1) is 8.18. The number of anilines is 1. The molecule has 1 aliphatic rings.